The first-order chi connectivity index (χ1) is 7.20. The number of likely N-dealkylation sites (N-methyl/N-ethyl adjacent to an activating group) is 2. The number of nitrogens with one attached hydrogen (secondary N) is 1. The lowest BCUT2D eigenvalue weighted by atomic mass is 10.2. The van der Waals surface area contributed by atoms with Gasteiger partial charge in [-0.05, 0) is 33.3 Å². The summed E-state index contributed by atoms with van der Waals surface area (Å²) in [7, 11) is 6.48. The second kappa shape index (κ2) is 7.49. The highest BCUT2D eigenvalue weighted by atomic mass is 32.2. The van der Waals surface area contributed by atoms with Crippen LogP contribution in [0.4, 0.5) is 0 Å². The van der Waals surface area contributed by atoms with Gasteiger partial charge in [-0.2, -0.15) is 11.8 Å². The maximum absolute atomic E-state index is 3.48. The summed E-state index contributed by atoms with van der Waals surface area (Å²) in [6.07, 6.45) is 1.37. The lowest BCUT2D eigenvalue weighted by molar-refractivity contribution is 0.260. The molecule has 0 amide bonds. The van der Waals surface area contributed by atoms with Gasteiger partial charge in [-0.25, -0.2) is 0 Å². The average Bonchev–Trinajstić information content (AvgIpc) is 2.69. The fourth-order valence-electron chi connectivity index (χ4n) is 1.74. The molecular weight excluding hydrogens is 206 g/mol. The Morgan fingerprint density at radius 2 is 1.93 bits per heavy atom. The summed E-state index contributed by atoms with van der Waals surface area (Å²) in [6.45, 7) is 4.52. The molecule has 1 rings (SSSR count). The highest BCUT2D eigenvalue weighted by Crippen LogP contribution is 2.20. The standard InChI is InChI=1S/C11H25N3S/c1-13(2)7-5-12-6-8-14(3)11-4-9-15-10-11/h11-12H,4-10H2,1-3H3. The van der Waals surface area contributed by atoms with E-state index in [1.807, 2.05) is 0 Å². The van der Waals surface area contributed by atoms with Crippen LogP contribution in [0.25, 0.3) is 0 Å². The minimum atomic E-state index is 0.825. The normalized spacial score (nSPS) is 21.8. The van der Waals surface area contributed by atoms with Crippen LogP contribution in [-0.4, -0.2) is 74.7 Å². The van der Waals surface area contributed by atoms with Crippen LogP contribution in [0.2, 0.25) is 0 Å². The van der Waals surface area contributed by atoms with Crippen molar-refractivity contribution in [2.24, 2.45) is 0 Å². The van der Waals surface area contributed by atoms with Crippen molar-refractivity contribution in [3.8, 4) is 0 Å². The zero-order valence-electron chi connectivity index (χ0n) is 10.3. The Morgan fingerprint density at radius 3 is 2.53 bits per heavy atom. The first kappa shape index (κ1) is 13.3. The Balaban J connectivity index is 1.94. The molecule has 90 valence electrons. The van der Waals surface area contributed by atoms with Crippen molar-refractivity contribution in [1.29, 1.82) is 0 Å². The van der Waals surface area contributed by atoms with Gasteiger partial charge in [0.2, 0.25) is 0 Å². The van der Waals surface area contributed by atoms with Crippen LogP contribution in [0.5, 0.6) is 0 Å². The molecule has 1 fully saturated rings. The minimum absolute atomic E-state index is 0.825. The first-order valence-corrected chi connectivity index (χ1v) is 6.99. The van der Waals surface area contributed by atoms with Crippen molar-refractivity contribution in [2.75, 3.05) is 58.8 Å². The molecule has 3 nitrogen and oxygen atoms in total. The van der Waals surface area contributed by atoms with E-state index < -0.39 is 0 Å². The molecule has 0 saturated carbocycles. The maximum Gasteiger partial charge on any atom is 0.0191 e. The molecule has 0 aromatic carbocycles. The Kier molecular flexibility index (Phi) is 6.64. The van der Waals surface area contributed by atoms with Crippen LogP contribution >= 0.6 is 11.8 Å². The van der Waals surface area contributed by atoms with Gasteiger partial charge in [-0.1, -0.05) is 0 Å². The van der Waals surface area contributed by atoms with Gasteiger partial charge in [0, 0.05) is 38.0 Å². The molecule has 0 aromatic heterocycles. The third-order valence-electron chi connectivity index (χ3n) is 2.91. The highest BCUT2D eigenvalue weighted by molar-refractivity contribution is 7.99. The van der Waals surface area contributed by atoms with Crippen molar-refractivity contribution < 1.29 is 0 Å². The van der Waals surface area contributed by atoms with Crippen molar-refractivity contribution in [1.82, 2.24) is 15.1 Å². The van der Waals surface area contributed by atoms with Crippen molar-refractivity contribution in [3.05, 3.63) is 0 Å². The lowest BCUT2D eigenvalue weighted by Gasteiger charge is -2.23. The molecule has 1 atom stereocenters. The van der Waals surface area contributed by atoms with Gasteiger partial charge < -0.3 is 15.1 Å². The Bertz CT molecular complexity index is 158. The van der Waals surface area contributed by atoms with Crippen LogP contribution in [-0.2, 0) is 0 Å². The molecule has 0 aromatic rings. The molecule has 4 heteroatoms. The van der Waals surface area contributed by atoms with Crippen LogP contribution in [0, 0.1) is 0 Å². The van der Waals surface area contributed by atoms with E-state index in [4.69, 9.17) is 0 Å². The summed E-state index contributed by atoms with van der Waals surface area (Å²) in [5.74, 6) is 2.68. The molecule has 1 N–H and O–H groups in total. The van der Waals surface area contributed by atoms with Gasteiger partial charge in [-0.15, -0.1) is 0 Å². The van der Waals surface area contributed by atoms with Crippen LogP contribution in [0.3, 0.4) is 0 Å². The predicted molar refractivity (Wildman–Crippen MR) is 69.8 cm³/mol. The summed E-state index contributed by atoms with van der Waals surface area (Å²) in [5, 5.41) is 3.48. The summed E-state index contributed by atoms with van der Waals surface area (Å²) < 4.78 is 0. The SMILES string of the molecule is CN(C)CCNCCN(C)C1CCSC1. The number of thioether (sulfide) groups is 1. The average molecular weight is 231 g/mol. The van der Waals surface area contributed by atoms with E-state index >= 15 is 0 Å². The summed E-state index contributed by atoms with van der Waals surface area (Å²) in [6, 6.07) is 0.825. The molecule has 0 aliphatic carbocycles. The zero-order valence-corrected chi connectivity index (χ0v) is 11.1. The van der Waals surface area contributed by atoms with Crippen molar-refractivity contribution >= 4 is 11.8 Å². The fourth-order valence-corrected chi connectivity index (χ4v) is 3.03. The second-order valence-corrected chi connectivity index (χ2v) is 5.70. The number of rotatable bonds is 7. The number of nitrogens with zero attached hydrogens (tertiary/aromatic N) is 2. The van der Waals surface area contributed by atoms with Gasteiger partial charge >= 0.3 is 0 Å². The van der Waals surface area contributed by atoms with E-state index in [0.29, 0.717) is 0 Å². The molecule has 1 saturated heterocycles. The Hall–Kier alpha value is 0.230. The summed E-state index contributed by atoms with van der Waals surface area (Å²) in [5.41, 5.74) is 0. The molecule has 1 aliphatic heterocycles. The minimum Gasteiger partial charge on any atom is -0.314 e. The van der Waals surface area contributed by atoms with E-state index in [1.165, 1.54) is 24.5 Å². The van der Waals surface area contributed by atoms with Crippen molar-refractivity contribution in [3.63, 3.8) is 0 Å². The molecule has 0 spiro atoms. The molecule has 0 radical (unpaired) electrons. The topological polar surface area (TPSA) is 18.5 Å². The number of hydrogen-bond donors (Lipinski definition) is 1. The smallest absolute Gasteiger partial charge is 0.0191 e. The monoisotopic (exact) mass is 231 g/mol. The first-order valence-electron chi connectivity index (χ1n) is 5.83. The predicted octanol–water partition coefficient (Wildman–Crippen LogP) is 0.575. The van der Waals surface area contributed by atoms with Crippen molar-refractivity contribution in [2.45, 2.75) is 12.5 Å². The highest BCUT2D eigenvalue weighted by Gasteiger charge is 2.18. The molecule has 1 unspecified atom stereocenters. The van der Waals surface area contributed by atoms with Crippen LogP contribution in [0.15, 0.2) is 0 Å². The molecule has 15 heavy (non-hydrogen) atoms. The van der Waals surface area contributed by atoms with E-state index in [9.17, 15) is 0 Å². The van der Waals surface area contributed by atoms with Gasteiger partial charge in [-0.3, -0.25) is 0 Å². The fraction of sp³-hybridized carbons (Fsp3) is 1.00. The Labute approximate surface area is 98.6 Å². The molecule has 1 aliphatic rings. The van der Waals surface area contributed by atoms with Crippen LogP contribution in [0.1, 0.15) is 6.42 Å². The van der Waals surface area contributed by atoms with Gasteiger partial charge in [0.05, 0.1) is 0 Å². The lowest BCUT2D eigenvalue weighted by Crippen LogP contribution is -2.38. The number of hydrogen-bond acceptors (Lipinski definition) is 4. The summed E-state index contributed by atoms with van der Waals surface area (Å²) in [4.78, 5) is 4.72. The van der Waals surface area contributed by atoms with E-state index in [-0.39, 0.29) is 0 Å². The van der Waals surface area contributed by atoms with Crippen LogP contribution < -0.4 is 5.32 Å². The second-order valence-electron chi connectivity index (χ2n) is 4.55. The third kappa shape index (κ3) is 5.76. The maximum atomic E-state index is 3.48. The largest absolute Gasteiger partial charge is 0.314 e. The molecule has 1 heterocycles. The summed E-state index contributed by atoms with van der Waals surface area (Å²) >= 11 is 2.09. The molecular formula is C11H25N3S. The van der Waals surface area contributed by atoms with E-state index in [2.05, 4.69) is 48.0 Å². The van der Waals surface area contributed by atoms with E-state index in [1.54, 1.807) is 0 Å². The molecule has 0 bridgehead atoms. The quantitative estimate of drug-likeness (QED) is 0.646. The van der Waals surface area contributed by atoms with Gasteiger partial charge in [0.25, 0.3) is 0 Å². The Morgan fingerprint density at radius 1 is 1.20 bits per heavy atom. The van der Waals surface area contributed by atoms with Gasteiger partial charge in [0.1, 0.15) is 0 Å². The third-order valence-corrected chi connectivity index (χ3v) is 4.05. The van der Waals surface area contributed by atoms with Gasteiger partial charge in [0.15, 0.2) is 0 Å². The zero-order chi connectivity index (χ0) is 11.1. The van der Waals surface area contributed by atoms with E-state index in [0.717, 1.165) is 25.7 Å².